The largest absolute Gasteiger partial charge is 0.437 e. The van der Waals surface area contributed by atoms with E-state index in [1.165, 1.54) is 0 Å². The van der Waals surface area contributed by atoms with E-state index in [4.69, 9.17) is 18.2 Å². The van der Waals surface area contributed by atoms with Gasteiger partial charge in [0.2, 0.25) is 17.8 Å². The number of carbonyl (C=O) groups excluding carboxylic acids is 2. The van der Waals surface area contributed by atoms with Gasteiger partial charge in [0.1, 0.15) is 0 Å². The Balaban J connectivity index is 1.83. The smallest absolute Gasteiger partial charge is 0.314 e. The number of hydrogen-bond donors (Lipinski definition) is 5. The number of nitrogens with one attached hydrogen (secondary N) is 5. The second kappa shape index (κ2) is 18.7. The molecule has 12 nitrogen and oxygen atoms in total. The molecule has 322 valence electrons. The maximum atomic E-state index is 13.2. The molecule has 58 heavy (non-hydrogen) atoms. The van der Waals surface area contributed by atoms with Crippen LogP contribution in [-0.2, 0) is 8.23 Å². The van der Waals surface area contributed by atoms with Crippen LogP contribution in [0.2, 0.25) is 51.9 Å². The lowest BCUT2D eigenvalue weighted by molar-refractivity contribution is 0.0881. The molecule has 0 aliphatic heterocycles. The van der Waals surface area contributed by atoms with E-state index in [0.717, 1.165) is 25.3 Å². The van der Waals surface area contributed by atoms with Gasteiger partial charge in [0.25, 0.3) is 11.8 Å². The predicted octanol–water partition coefficient (Wildman–Crippen LogP) is 10.8. The molecule has 0 atom stereocenters. The van der Waals surface area contributed by atoms with E-state index in [2.05, 4.69) is 119 Å². The number of carbonyl (C=O) groups is 2. The van der Waals surface area contributed by atoms with Crippen molar-refractivity contribution in [3.05, 3.63) is 59.7 Å². The first kappa shape index (κ1) is 48.7. The van der Waals surface area contributed by atoms with Gasteiger partial charge in [-0.3, -0.25) is 9.59 Å². The van der Waals surface area contributed by atoms with E-state index in [1.807, 2.05) is 52.0 Å². The van der Waals surface area contributed by atoms with Crippen molar-refractivity contribution >= 4 is 66.2 Å². The van der Waals surface area contributed by atoms with Crippen molar-refractivity contribution in [1.29, 1.82) is 0 Å². The minimum Gasteiger partial charge on any atom is -0.437 e. The van der Waals surface area contributed by atoms with Gasteiger partial charge in [-0.1, -0.05) is 41.5 Å². The molecule has 1 aromatic heterocycles. The Bertz CT molecular complexity index is 1710. The molecule has 0 fully saturated rings. The van der Waals surface area contributed by atoms with E-state index in [-0.39, 0.29) is 33.7 Å². The first-order valence-electron chi connectivity index (χ1n) is 20.6. The molecule has 0 saturated carbocycles. The third-order valence-corrected chi connectivity index (χ3v) is 18.0. The predicted molar refractivity (Wildman–Crippen MR) is 249 cm³/mol. The van der Waals surface area contributed by atoms with Crippen molar-refractivity contribution in [2.45, 2.75) is 151 Å². The molecule has 0 saturated heterocycles. The Morgan fingerprint density at radius 3 is 1.22 bits per heavy atom. The van der Waals surface area contributed by atoms with Crippen LogP contribution < -0.4 is 26.6 Å². The zero-order valence-corrected chi connectivity index (χ0v) is 41.6. The molecule has 5 N–H and O–H groups in total. The fourth-order valence-electron chi connectivity index (χ4n) is 7.76. The van der Waals surface area contributed by atoms with Gasteiger partial charge in [0.15, 0.2) is 16.6 Å². The number of benzene rings is 2. The average molecular weight is 851 g/mol. The summed E-state index contributed by atoms with van der Waals surface area (Å²) < 4.78 is 13.4. The third-order valence-electron chi connectivity index (χ3n) is 8.43. The highest BCUT2D eigenvalue weighted by Gasteiger charge is 2.39. The molecule has 0 radical (unpaired) electrons. The first-order valence-corrected chi connectivity index (χ1v) is 29.9. The number of rotatable bonds is 19. The zero-order chi connectivity index (χ0) is 44.0. The lowest BCUT2D eigenvalue weighted by Crippen LogP contribution is -2.52. The second-order valence-corrected chi connectivity index (χ2v) is 34.3. The average Bonchev–Trinajstić information content (AvgIpc) is 2.99. The van der Waals surface area contributed by atoms with E-state index in [1.54, 1.807) is 24.3 Å². The molecule has 0 aliphatic carbocycles. The Morgan fingerprint density at radius 1 is 0.552 bits per heavy atom. The topological polar surface area (TPSA) is 151 Å². The van der Waals surface area contributed by atoms with E-state index in [0.29, 0.717) is 46.9 Å². The van der Waals surface area contributed by atoms with E-state index >= 15 is 0 Å². The van der Waals surface area contributed by atoms with Crippen LogP contribution in [0.15, 0.2) is 48.5 Å². The second-order valence-electron chi connectivity index (χ2n) is 21.5. The third kappa shape index (κ3) is 18.5. The summed E-state index contributed by atoms with van der Waals surface area (Å²) >= 11 is 0. The van der Waals surface area contributed by atoms with Crippen molar-refractivity contribution in [3.8, 4) is 0 Å². The molecule has 3 rings (SSSR count). The van der Waals surface area contributed by atoms with Crippen molar-refractivity contribution in [1.82, 2.24) is 25.6 Å². The molecule has 0 aliphatic rings. The van der Waals surface area contributed by atoms with E-state index < -0.39 is 25.2 Å². The molecule has 2 amide bonds. The van der Waals surface area contributed by atoms with Crippen molar-refractivity contribution in [2.24, 2.45) is 10.8 Å². The summed E-state index contributed by atoms with van der Waals surface area (Å²) in [5, 5.41) is 16.3. The van der Waals surface area contributed by atoms with Crippen LogP contribution in [0.5, 0.6) is 0 Å². The number of aromatic nitrogens is 3. The summed E-state index contributed by atoms with van der Waals surface area (Å²) in [6, 6.07) is 15.4. The molecule has 0 spiro atoms. The molecule has 2 aromatic carbocycles. The number of hydrogen-bond acceptors (Lipinski definition) is 10. The highest BCUT2D eigenvalue weighted by molar-refractivity contribution is 6.87. The Hall–Kier alpha value is -3.64. The van der Waals surface area contributed by atoms with E-state index in [9.17, 15) is 9.59 Å². The maximum Gasteiger partial charge on any atom is 0.314 e. The van der Waals surface area contributed by atoms with Gasteiger partial charge in [-0.15, -0.1) is 0 Å². The molecule has 0 unspecified atom stereocenters. The molecule has 3 aromatic rings. The van der Waals surface area contributed by atoms with Crippen molar-refractivity contribution in [2.75, 3.05) is 22.5 Å². The van der Waals surface area contributed by atoms with Crippen LogP contribution in [0.25, 0.3) is 0 Å². The molecule has 0 bridgehead atoms. The van der Waals surface area contributed by atoms with Crippen molar-refractivity contribution < 1.29 is 17.8 Å². The Kier molecular flexibility index (Phi) is 15.7. The van der Waals surface area contributed by atoms with Crippen LogP contribution in [-0.4, -0.2) is 69.6 Å². The van der Waals surface area contributed by atoms with Crippen molar-refractivity contribution in [3.63, 3.8) is 0 Å². The monoisotopic (exact) mass is 851 g/mol. The van der Waals surface area contributed by atoms with Crippen LogP contribution in [0, 0.1) is 10.8 Å². The fourth-order valence-corrected chi connectivity index (χ4v) is 20.3. The number of amides is 2. The van der Waals surface area contributed by atoms with Gasteiger partial charge in [-0.2, -0.15) is 15.0 Å². The van der Waals surface area contributed by atoms with Gasteiger partial charge in [-0.05, 0) is 158 Å². The molecular weight excluding hydrogens is 777 g/mol. The van der Waals surface area contributed by atoms with Crippen LogP contribution >= 0.6 is 0 Å². The summed E-state index contributed by atoms with van der Waals surface area (Å²) in [5.41, 5.74) is 1.99. The van der Waals surface area contributed by atoms with Crippen LogP contribution in [0.4, 0.5) is 29.2 Å². The summed E-state index contributed by atoms with van der Waals surface area (Å²) in [5.74, 6) is 0.795. The van der Waals surface area contributed by atoms with Gasteiger partial charge >= 0.3 is 8.56 Å². The summed E-state index contributed by atoms with van der Waals surface area (Å²) in [6.45, 7) is 37.3. The quantitative estimate of drug-likeness (QED) is 0.0582. The zero-order valence-electron chi connectivity index (χ0n) is 38.6. The Labute approximate surface area is 352 Å². The summed E-state index contributed by atoms with van der Waals surface area (Å²) in [7, 11) is -6.05. The van der Waals surface area contributed by atoms with Gasteiger partial charge in [0, 0.05) is 40.1 Å². The molecule has 15 heteroatoms. The molecular formula is C43H74N8O4Si3. The highest BCUT2D eigenvalue weighted by atomic mass is 28.5. The fraction of sp³-hybridized carbons (Fsp3) is 0.605. The minimum absolute atomic E-state index is 0.0755. The minimum atomic E-state index is -2.41. The normalized spacial score (nSPS) is 13.2. The van der Waals surface area contributed by atoms with Gasteiger partial charge in [-0.25, -0.2) is 0 Å². The highest BCUT2D eigenvalue weighted by Crippen LogP contribution is 2.29. The number of anilines is 5. The summed E-state index contributed by atoms with van der Waals surface area (Å²) in [6.07, 6.45) is 2.50. The first-order chi connectivity index (χ1) is 26.3. The maximum absolute atomic E-state index is 13.2. The number of nitrogens with zero attached hydrogens (tertiary/aromatic N) is 3. The summed E-state index contributed by atoms with van der Waals surface area (Å²) in [4.78, 5) is 40.4. The SMILES string of the molecule is CC(C)(C)CC(C)(C)NC(=O)c1ccc(Nc2nc(NCCC[Si](C)(O[Si](C)(C)C)O[Si](C)(C)C)nc(Nc3ccc(C(=O)NC(C)(C)CC(C)(C)C)cc3)n2)cc1. The lowest BCUT2D eigenvalue weighted by Gasteiger charge is -2.38. The van der Waals surface area contributed by atoms with Gasteiger partial charge < -0.3 is 34.8 Å². The molecule has 1 heterocycles. The standard InChI is InChI=1S/C43H74N8O4Si3/c1-40(2,3)29-42(7,8)50-35(52)31-19-23-33(24-20-31)45-38-47-37(44-27-18-28-58(17,54-56(11,12)13)55-57(14,15)16)48-39(49-38)46-34-25-21-32(22-26-34)36(53)51-43(9,10)30-41(4,5)6/h19-26H,18,27-30H2,1-17H3,(H,50,52)(H,51,53)(H3,44,45,46,47,48,49). The lowest BCUT2D eigenvalue weighted by atomic mass is 9.81. The van der Waals surface area contributed by atoms with Gasteiger partial charge in [0.05, 0.1) is 0 Å². The van der Waals surface area contributed by atoms with Crippen LogP contribution in [0.3, 0.4) is 0 Å². The Morgan fingerprint density at radius 2 is 0.897 bits per heavy atom. The van der Waals surface area contributed by atoms with Crippen LogP contribution in [0.1, 0.15) is 109 Å².